The summed E-state index contributed by atoms with van der Waals surface area (Å²) in [7, 11) is 0. The van der Waals surface area contributed by atoms with E-state index in [4.69, 9.17) is 16.2 Å². The van der Waals surface area contributed by atoms with Crippen LogP contribution in [0.5, 0.6) is 5.88 Å². The molecular formula is C18H20N6O. The zero-order valence-corrected chi connectivity index (χ0v) is 14.4. The van der Waals surface area contributed by atoms with Crippen molar-refractivity contribution in [1.82, 2.24) is 15.0 Å². The predicted octanol–water partition coefficient (Wildman–Crippen LogP) is 2.75. The van der Waals surface area contributed by atoms with Crippen molar-refractivity contribution in [3.8, 4) is 17.1 Å². The zero-order valence-electron chi connectivity index (χ0n) is 14.4. The normalized spacial score (nSPS) is 15.3. The number of nitrogens with one attached hydrogen (secondary N) is 1. The molecule has 25 heavy (non-hydrogen) atoms. The van der Waals surface area contributed by atoms with Gasteiger partial charge >= 0.3 is 0 Å². The van der Waals surface area contributed by atoms with Crippen LogP contribution in [-0.2, 0) is 0 Å². The van der Waals surface area contributed by atoms with Crippen molar-refractivity contribution < 1.29 is 4.74 Å². The summed E-state index contributed by atoms with van der Waals surface area (Å²) in [6.07, 6.45) is 1.75. The lowest BCUT2D eigenvalue weighted by Gasteiger charge is -2.33. The fraction of sp³-hybridized carbons (Fsp3) is 0.278. The molecule has 2 aromatic heterocycles. The van der Waals surface area contributed by atoms with E-state index < -0.39 is 0 Å². The highest BCUT2D eigenvalue weighted by atomic mass is 16.5. The second-order valence-electron chi connectivity index (χ2n) is 6.86. The van der Waals surface area contributed by atoms with Crippen LogP contribution < -0.4 is 21.5 Å². The van der Waals surface area contributed by atoms with E-state index in [1.54, 1.807) is 6.20 Å². The molecule has 0 fully saturated rings. The third-order valence-electron chi connectivity index (χ3n) is 4.40. The van der Waals surface area contributed by atoms with Gasteiger partial charge in [0.25, 0.3) is 0 Å². The average Bonchev–Trinajstić information content (AvgIpc) is 2.53. The number of fused-ring (bicyclic) bond motifs is 2. The van der Waals surface area contributed by atoms with E-state index in [9.17, 15) is 0 Å². The van der Waals surface area contributed by atoms with Crippen LogP contribution in [0.2, 0.25) is 0 Å². The highest BCUT2D eigenvalue weighted by molar-refractivity contribution is 6.02. The number of nitrogens with zero attached hydrogens (tertiary/aromatic N) is 3. The van der Waals surface area contributed by atoms with Crippen molar-refractivity contribution in [2.75, 3.05) is 23.3 Å². The monoisotopic (exact) mass is 336 g/mol. The second-order valence-corrected chi connectivity index (χ2v) is 6.86. The number of anilines is 3. The molecule has 4 rings (SSSR count). The third kappa shape index (κ3) is 2.48. The minimum atomic E-state index is -0.301. The molecule has 5 N–H and O–H groups in total. The van der Waals surface area contributed by atoms with Crippen molar-refractivity contribution in [2.45, 2.75) is 26.4 Å². The van der Waals surface area contributed by atoms with Gasteiger partial charge in [0, 0.05) is 22.8 Å². The predicted molar refractivity (Wildman–Crippen MR) is 99.5 cm³/mol. The summed E-state index contributed by atoms with van der Waals surface area (Å²) in [6.45, 7) is 6.74. The summed E-state index contributed by atoms with van der Waals surface area (Å²) in [6, 6.07) is 5.55. The van der Waals surface area contributed by atoms with E-state index in [0.717, 1.165) is 22.2 Å². The van der Waals surface area contributed by atoms with Crippen LogP contribution in [0.4, 0.5) is 17.3 Å². The Morgan fingerprint density at radius 2 is 2.00 bits per heavy atom. The Labute approximate surface area is 145 Å². The Bertz CT molecular complexity index is 999. The van der Waals surface area contributed by atoms with E-state index in [1.807, 2.05) is 39.0 Å². The van der Waals surface area contributed by atoms with E-state index in [2.05, 4.69) is 20.3 Å². The minimum absolute atomic E-state index is 0.204. The van der Waals surface area contributed by atoms with Crippen LogP contribution in [0.25, 0.3) is 22.2 Å². The molecule has 3 heterocycles. The van der Waals surface area contributed by atoms with Gasteiger partial charge in [-0.25, -0.2) is 15.0 Å². The summed E-state index contributed by atoms with van der Waals surface area (Å²) in [5, 5.41) is 4.19. The number of benzene rings is 1. The number of rotatable bonds is 1. The molecule has 0 amide bonds. The summed E-state index contributed by atoms with van der Waals surface area (Å²) in [5.41, 5.74) is 16.5. The standard InChI is InChI=1S/C18H20N6O/c1-9-10(7-21-16-14(9)22-8-18(2,3)25-16)15-13-11(19)5-4-6-12(13)23-17(20)24-15/h4-7,22H,8,19H2,1-3H3,(H2,20,23,24). The maximum atomic E-state index is 6.19. The lowest BCUT2D eigenvalue weighted by Crippen LogP contribution is -2.40. The Morgan fingerprint density at radius 3 is 2.80 bits per heavy atom. The molecular weight excluding hydrogens is 316 g/mol. The van der Waals surface area contributed by atoms with Gasteiger partial charge in [-0.15, -0.1) is 0 Å². The number of hydrogen-bond acceptors (Lipinski definition) is 7. The van der Waals surface area contributed by atoms with E-state index in [0.29, 0.717) is 29.3 Å². The number of hydrogen-bond donors (Lipinski definition) is 3. The van der Waals surface area contributed by atoms with Gasteiger partial charge in [-0.1, -0.05) is 6.07 Å². The number of pyridine rings is 1. The summed E-state index contributed by atoms with van der Waals surface area (Å²) in [4.78, 5) is 13.2. The first-order chi connectivity index (χ1) is 11.9. The number of nitrogens with two attached hydrogens (primary N) is 2. The van der Waals surface area contributed by atoms with Gasteiger partial charge in [-0.3, -0.25) is 0 Å². The molecule has 7 heteroatoms. The number of ether oxygens (including phenoxy) is 1. The Hall–Kier alpha value is -3.09. The third-order valence-corrected chi connectivity index (χ3v) is 4.40. The fourth-order valence-electron chi connectivity index (χ4n) is 3.13. The maximum Gasteiger partial charge on any atom is 0.238 e. The molecule has 1 aliphatic heterocycles. The molecule has 7 nitrogen and oxygen atoms in total. The van der Waals surface area contributed by atoms with Gasteiger partial charge in [0.05, 0.1) is 17.8 Å². The molecule has 0 aliphatic carbocycles. The van der Waals surface area contributed by atoms with Gasteiger partial charge < -0.3 is 21.5 Å². The molecule has 0 saturated heterocycles. The Kier molecular flexibility index (Phi) is 3.21. The van der Waals surface area contributed by atoms with Crippen LogP contribution >= 0.6 is 0 Å². The fourth-order valence-corrected chi connectivity index (χ4v) is 3.13. The molecule has 0 bridgehead atoms. The highest BCUT2D eigenvalue weighted by Gasteiger charge is 2.29. The first-order valence-corrected chi connectivity index (χ1v) is 8.10. The number of aromatic nitrogens is 3. The minimum Gasteiger partial charge on any atom is -0.468 e. The number of nitrogen functional groups attached to an aromatic ring is 2. The summed E-state index contributed by atoms with van der Waals surface area (Å²) in [5.74, 6) is 0.798. The molecule has 0 unspecified atom stereocenters. The van der Waals surface area contributed by atoms with Crippen LogP contribution in [-0.4, -0.2) is 27.1 Å². The van der Waals surface area contributed by atoms with Crippen molar-refractivity contribution in [3.63, 3.8) is 0 Å². The van der Waals surface area contributed by atoms with E-state index >= 15 is 0 Å². The smallest absolute Gasteiger partial charge is 0.238 e. The quantitative estimate of drug-likeness (QED) is 0.586. The molecule has 0 atom stereocenters. The van der Waals surface area contributed by atoms with Gasteiger partial charge in [-0.2, -0.15) is 0 Å². The molecule has 1 aliphatic rings. The molecule has 0 saturated carbocycles. The summed E-state index contributed by atoms with van der Waals surface area (Å²) >= 11 is 0. The molecule has 3 aromatic rings. The van der Waals surface area contributed by atoms with Crippen LogP contribution in [0.15, 0.2) is 24.4 Å². The zero-order chi connectivity index (χ0) is 17.8. The molecule has 0 spiro atoms. The Morgan fingerprint density at radius 1 is 1.20 bits per heavy atom. The lowest BCUT2D eigenvalue weighted by atomic mass is 10.00. The van der Waals surface area contributed by atoms with Crippen molar-refractivity contribution in [3.05, 3.63) is 30.0 Å². The van der Waals surface area contributed by atoms with Crippen molar-refractivity contribution in [2.24, 2.45) is 0 Å². The summed E-state index contributed by atoms with van der Waals surface area (Å²) < 4.78 is 5.97. The first-order valence-electron chi connectivity index (χ1n) is 8.10. The van der Waals surface area contributed by atoms with Gasteiger partial charge in [0.2, 0.25) is 11.8 Å². The van der Waals surface area contributed by atoms with Gasteiger partial charge in [0.15, 0.2) is 0 Å². The van der Waals surface area contributed by atoms with E-state index in [-0.39, 0.29) is 11.5 Å². The van der Waals surface area contributed by atoms with E-state index in [1.165, 1.54) is 0 Å². The van der Waals surface area contributed by atoms with Crippen LogP contribution in [0.3, 0.4) is 0 Å². The van der Waals surface area contributed by atoms with Crippen molar-refractivity contribution in [1.29, 1.82) is 0 Å². The topological polar surface area (TPSA) is 112 Å². The lowest BCUT2D eigenvalue weighted by molar-refractivity contribution is 0.109. The second kappa shape index (κ2) is 5.20. The van der Waals surface area contributed by atoms with Crippen LogP contribution in [0.1, 0.15) is 19.4 Å². The Balaban J connectivity index is 1.97. The molecule has 0 radical (unpaired) electrons. The largest absolute Gasteiger partial charge is 0.468 e. The highest BCUT2D eigenvalue weighted by Crippen LogP contribution is 2.40. The van der Waals surface area contributed by atoms with Gasteiger partial charge in [-0.05, 0) is 38.5 Å². The molecule has 128 valence electrons. The first kappa shape index (κ1) is 15.4. The van der Waals surface area contributed by atoms with Gasteiger partial charge in [0.1, 0.15) is 11.3 Å². The average molecular weight is 336 g/mol. The maximum absolute atomic E-state index is 6.19. The molecule has 1 aromatic carbocycles. The van der Waals surface area contributed by atoms with Crippen molar-refractivity contribution >= 4 is 28.2 Å². The van der Waals surface area contributed by atoms with Crippen LogP contribution in [0, 0.1) is 6.92 Å². The SMILES string of the molecule is Cc1c(-c2nc(N)nc3cccc(N)c23)cnc2c1NCC(C)(C)O2.